The van der Waals surface area contributed by atoms with Crippen molar-refractivity contribution in [2.75, 3.05) is 30.3 Å². The van der Waals surface area contributed by atoms with Crippen molar-refractivity contribution in [2.45, 2.75) is 29.8 Å². The van der Waals surface area contributed by atoms with Crippen molar-refractivity contribution < 1.29 is 4.79 Å². The van der Waals surface area contributed by atoms with Gasteiger partial charge in [-0.25, -0.2) is 4.98 Å². The Morgan fingerprint density at radius 1 is 1.19 bits per heavy atom. The number of thiazole rings is 1. The van der Waals surface area contributed by atoms with Crippen LogP contribution in [0.4, 0.5) is 11.4 Å². The summed E-state index contributed by atoms with van der Waals surface area (Å²) < 4.78 is 0.871. The Morgan fingerprint density at radius 2 is 1.97 bits per heavy atom. The SMILES string of the molecule is Nc1ccc(CN2CCC(NC(=O)CSc3nc(-c4ccccc4N)cs3)CC2)cc1Cl. The van der Waals surface area contributed by atoms with E-state index >= 15 is 0 Å². The fourth-order valence-electron chi connectivity index (χ4n) is 3.74. The van der Waals surface area contributed by atoms with Gasteiger partial charge in [0.2, 0.25) is 5.91 Å². The zero-order valence-electron chi connectivity index (χ0n) is 17.6. The molecular weight excluding hydrogens is 462 g/mol. The molecule has 6 nitrogen and oxygen atoms in total. The number of nitrogens with zero attached hydrogens (tertiary/aromatic N) is 2. The van der Waals surface area contributed by atoms with Gasteiger partial charge in [-0.2, -0.15) is 0 Å². The van der Waals surface area contributed by atoms with Gasteiger partial charge in [-0.15, -0.1) is 11.3 Å². The first kappa shape index (κ1) is 22.9. The molecule has 1 aliphatic heterocycles. The van der Waals surface area contributed by atoms with Gasteiger partial charge in [0.05, 0.1) is 22.2 Å². The fraction of sp³-hybridized carbons (Fsp3) is 0.304. The number of benzene rings is 2. The predicted molar refractivity (Wildman–Crippen MR) is 135 cm³/mol. The number of rotatable bonds is 7. The second-order valence-electron chi connectivity index (χ2n) is 7.85. The van der Waals surface area contributed by atoms with E-state index in [9.17, 15) is 4.79 Å². The summed E-state index contributed by atoms with van der Waals surface area (Å²) in [5, 5.41) is 5.75. The normalized spacial score (nSPS) is 15.0. The highest BCUT2D eigenvalue weighted by molar-refractivity contribution is 8.01. The summed E-state index contributed by atoms with van der Waals surface area (Å²) in [5.41, 5.74) is 16.1. The number of hydrogen-bond acceptors (Lipinski definition) is 7. The molecule has 1 saturated heterocycles. The van der Waals surface area contributed by atoms with Crippen LogP contribution < -0.4 is 16.8 Å². The molecule has 0 bridgehead atoms. The van der Waals surface area contributed by atoms with Crippen molar-refractivity contribution in [2.24, 2.45) is 0 Å². The lowest BCUT2D eigenvalue weighted by Gasteiger charge is -2.32. The second-order valence-corrected chi connectivity index (χ2v) is 10.3. The zero-order valence-corrected chi connectivity index (χ0v) is 20.0. The van der Waals surface area contributed by atoms with E-state index in [-0.39, 0.29) is 11.9 Å². The fourth-order valence-corrected chi connectivity index (χ4v) is 5.58. The zero-order chi connectivity index (χ0) is 22.5. The Labute approximate surface area is 201 Å². The lowest BCUT2D eigenvalue weighted by Crippen LogP contribution is -2.44. The number of carbonyl (C=O) groups excluding carboxylic acids is 1. The monoisotopic (exact) mass is 487 g/mol. The minimum Gasteiger partial charge on any atom is -0.398 e. The molecule has 0 unspecified atom stereocenters. The van der Waals surface area contributed by atoms with E-state index in [1.54, 1.807) is 0 Å². The lowest BCUT2D eigenvalue weighted by molar-refractivity contribution is -0.119. The van der Waals surface area contributed by atoms with Crippen molar-refractivity contribution in [3.8, 4) is 11.3 Å². The Bertz CT molecular complexity index is 1080. The second kappa shape index (κ2) is 10.6. The van der Waals surface area contributed by atoms with Gasteiger partial charge in [0.25, 0.3) is 0 Å². The molecule has 2 heterocycles. The number of amides is 1. The highest BCUT2D eigenvalue weighted by Gasteiger charge is 2.21. The van der Waals surface area contributed by atoms with Crippen LogP contribution in [-0.4, -0.2) is 40.7 Å². The highest BCUT2D eigenvalue weighted by Crippen LogP contribution is 2.31. The van der Waals surface area contributed by atoms with Gasteiger partial charge in [0.1, 0.15) is 0 Å². The number of nitrogens with two attached hydrogens (primary N) is 2. The lowest BCUT2D eigenvalue weighted by atomic mass is 10.0. The number of piperidine rings is 1. The largest absolute Gasteiger partial charge is 0.398 e. The third-order valence-corrected chi connectivity index (χ3v) is 7.82. The average molecular weight is 488 g/mol. The molecule has 0 atom stereocenters. The molecule has 168 valence electrons. The van der Waals surface area contributed by atoms with E-state index in [4.69, 9.17) is 23.1 Å². The van der Waals surface area contributed by atoms with Crippen molar-refractivity contribution in [3.05, 3.63) is 58.4 Å². The number of nitrogen functional groups attached to an aromatic ring is 2. The van der Waals surface area contributed by atoms with Crippen molar-refractivity contribution in [1.82, 2.24) is 15.2 Å². The van der Waals surface area contributed by atoms with E-state index in [1.807, 2.05) is 47.8 Å². The molecule has 1 fully saturated rings. The van der Waals surface area contributed by atoms with Crippen LogP contribution in [0.1, 0.15) is 18.4 Å². The number of nitrogens with one attached hydrogen (secondary N) is 1. The number of likely N-dealkylation sites (tertiary alicyclic amines) is 1. The Hall–Kier alpha value is -2.26. The summed E-state index contributed by atoms with van der Waals surface area (Å²) >= 11 is 9.12. The minimum atomic E-state index is 0.0507. The Morgan fingerprint density at radius 3 is 2.72 bits per heavy atom. The molecule has 32 heavy (non-hydrogen) atoms. The van der Waals surface area contributed by atoms with Crippen molar-refractivity contribution in [3.63, 3.8) is 0 Å². The van der Waals surface area contributed by atoms with Crippen LogP contribution in [0.3, 0.4) is 0 Å². The molecule has 9 heteroatoms. The van der Waals surface area contributed by atoms with Crippen LogP contribution in [0.15, 0.2) is 52.2 Å². The van der Waals surface area contributed by atoms with E-state index < -0.39 is 0 Å². The quantitative estimate of drug-likeness (QED) is 0.335. The first-order valence-corrected chi connectivity index (χ1v) is 12.7. The highest BCUT2D eigenvalue weighted by atomic mass is 35.5. The van der Waals surface area contributed by atoms with Crippen LogP contribution in [0.5, 0.6) is 0 Å². The number of carbonyl (C=O) groups is 1. The van der Waals surface area contributed by atoms with E-state index in [0.717, 1.165) is 53.6 Å². The number of hydrogen-bond donors (Lipinski definition) is 3. The molecule has 3 aromatic rings. The number of halogens is 1. The average Bonchev–Trinajstić information content (AvgIpc) is 3.25. The molecule has 0 aliphatic carbocycles. The van der Waals surface area contributed by atoms with Gasteiger partial charge >= 0.3 is 0 Å². The summed E-state index contributed by atoms with van der Waals surface area (Å²) in [6, 6.07) is 13.7. The molecule has 0 spiro atoms. The molecular formula is C23H26ClN5OS2. The summed E-state index contributed by atoms with van der Waals surface area (Å²) in [6.45, 7) is 2.72. The van der Waals surface area contributed by atoms with E-state index in [1.165, 1.54) is 23.1 Å². The molecule has 5 N–H and O–H groups in total. The third-order valence-electron chi connectivity index (χ3n) is 5.47. The minimum absolute atomic E-state index is 0.0507. The molecule has 0 saturated carbocycles. The predicted octanol–water partition coefficient (Wildman–Crippen LogP) is 4.50. The van der Waals surface area contributed by atoms with Gasteiger partial charge in [-0.05, 0) is 36.6 Å². The summed E-state index contributed by atoms with van der Waals surface area (Å²) in [5.74, 6) is 0.413. The van der Waals surface area contributed by atoms with E-state index in [2.05, 4.69) is 15.2 Å². The number of thioether (sulfide) groups is 1. The maximum Gasteiger partial charge on any atom is 0.230 e. The van der Waals surface area contributed by atoms with Crippen LogP contribution in [0, 0.1) is 0 Å². The first-order valence-electron chi connectivity index (χ1n) is 10.5. The molecule has 1 aromatic heterocycles. The van der Waals surface area contributed by atoms with Crippen molar-refractivity contribution in [1.29, 1.82) is 0 Å². The van der Waals surface area contributed by atoms with Crippen LogP contribution in [0.25, 0.3) is 11.3 Å². The molecule has 4 rings (SSSR count). The van der Waals surface area contributed by atoms with Gasteiger partial charge in [0, 0.05) is 42.3 Å². The first-order chi connectivity index (χ1) is 15.5. The van der Waals surface area contributed by atoms with Crippen LogP contribution >= 0.6 is 34.7 Å². The van der Waals surface area contributed by atoms with Gasteiger partial charge in [0.15, 0.2) is 4.34 Å². The molecule has 0 radical (unpaired) electrons. The molecule has 1 amide bonds. The van der Waals surface area contributed by atoms with Gasteiger partial charge in [-0.1, -0.05) is 47.6 Å². The maximum atomic E-state index is 12.4. The van der Waals surface area contributed by atoms with Crippen LogP contribution in [0.2, 0.25) is 5.02 Å². The standard InChI is InChI=1S/C23H26ClN5OS2/c24-18-11-15(5-6-20(18)26)12-29-9-7-16(8-10-29)27-22(30)14-32-23-28-21(13-31-23)17-3-1-2-4-19(17)25/h1-6,11,13,16H,7-10,12,14,25-26H2,(H,27,30). The molecule has 2 aromatic carbocycles. The van der Waals surface area contributed by atoms with Crippen LogP contribution in [-0.2, 0) is 11.3 Å². The maximum absolute atomic E-state index is 12.4. The summed E-state index contributed by atoms with van der Waals surface area (Å²) in [6.07, 6.45) is 1.88. The molecule has 1 aliphatic rings. The number of para-hydroxylation sites is 1. The number of anilines is 2. The summed E-state index contributed by atoms with van der Waals surface area (Å²) in [7, 11) is 0. The van der Waals surface area contributed by atoms with Gasteiger partial charge in [-0.3, -0.25) is 9.69 Å². The number of aromatic nitrogens is 1. The summed E-state index contributed by atoms with van der Waals surface area (Å²) in [4.78, 5) is 19.4. The topological polar surface area (TPSA) is 97.3 Å². The van der Waals surface area contributed by atoms with Crippen molar-refractivity contribution >= 4 is 52.0 Å². The Balaban J connectivity index is 1.20. The van der Waals surface area contributed by atoms with Gasteiger partial charge < -0.3 is 16.8 Å². The Kier molecular flexibility index (Phi) is 7.57. The third kappa shape index (κ3) is 5.95. The smallest absolute Gasteiger partial charge is 0.230 e. The van der Waals surface area contributed by atoms with E-state index in [0.29, 0.717) is 22.2 Å².